The summed E-state index contributed by atoms with van der Waals surface area (Å²) in [6, 6.07) is 0. The molecule has 0 aliphatic carbocycles. The van der Waals surface area contributed by atoms with Crippen molar-refractivity contribution in [3.8, 4) is 0 Å². The van der Waals surface area contributed by atoms with E-state index in [9.17, 15) is 0 Å². The van der Waals surface area contributed by atoms with Crippen molar-refractivity contribution in [3.05, 3.63) is 23.1 Å². The number of hydrogen-bond acceptors (Lipinski definition) is 7. The molecule has 2 aliphatic heterocycles. The first-order chi connectivity index (χ1) is 14.4. The van der Waals surface area contributed by atoms with E-state index in [1.807, 2.05) is 0 Å². The molecule has 160 valence electrons. The molecule has 0 amide bonds. The van der Waals surface area contributed by atoms with Crippen molar-refractivity contribution < 1.29 is 9.15 Å². The number of fused-ring (bicyclic) bond motifs is 5. The van der Waals surface area contributed by atoms with Gasteiger partial charge in [-0.15, -0.1) is 0 Å². The van der Waals surface area contributed by atoms with E-state index in [1.54, 1.807) is 6.33 Å². The Morgan fingerprint density at radius 2 is 1.87 bits per heavy atom. The normalized spacial score (nSPS) is 19.7. The molecule has 0 bridgehead atoms. The number of ether oxygens (including phenoxy) is 1. The summed E-state index contributed by atoms with van der Waals surface area (Å²) in [6.07, 6.45) is 2.50. The van der Waals surface area contributed by atoms with E-state index < -0.39 is 0 Å². The molecule has 2 aliphatic rings. The van der Waals surface area contributed by atoms with Crippen molar-refractivity contribution in [3.63, 3.8) is 0 Å². The van der Waals surface area contributed by atoms with Gasteiger partial charge in [-0.05, 0) is 31.9 Å². The van der Waals surface area contributed by atoms with E-state index in [4.69, 9.17) is 14.1 Å². The van der Waals surface area contributed by atoms with E-state index in [1.165, 1.54) is 11.1 Å². The van der Waals surface area contributed by atoms with Crippen LogP contribution in [0.3, 0.4) is 0 Å². The van der Waals surface area contributed by atoms with Gasteiger partial charge in [-0.1, -0.05) is 20.8 Å². The van der Waals surface area contributed by atoms with Gasteiger partial charge in [0.1, 0.15) is 11.8 Å². The number of pyridine rings is 1. The predicted octanol–water partition coefficient (Wildman–Crippen LogP) is 3.89. The molecule has 3 aromatic rings. The summed E-state index contributed by atoms with van der Waals surface area (Å²) in [4.78, 5) is 19.0. The number of anilines is 1. The first-order valence-electron chi connectivity index (χ1n) is 11.1. The lowest BCUT2D eigenvalue weighted by atomic mass is 9.87. The van der Waals surface area contributed by atoms with Crippen LogP contribution in [0.5, 0.6) is 0 Å². The Balaban J connectivity index is 1.70. The number of rotatable bonds is 3. The van der Waals surface area contributed by atoms with Crippen molar-refractivity contribution in [1.82, 2.24) is 19.9 Å². The van der Waals surface area contributed by atoms with Gasteiger partial charge in [0.2, 0.25) is 5.71 Å². The van der Waals surface area contributed by atoms with Crippen LogP contribution in [0, 0.1) is 0 Å². The fraction of sp³-hybridized carbons (Fsp3) is 0.609. The topological polar surface area (TPSA) is 67.5 Å². The number of furan rings is 1. The van der Waals surface area contributed by atoms with E-state index in [0.717, 1.165) is 67.1 Å². The second-order valence-electron chi connectivity index (χ2n) is 9.41. The maximum atomic E-state index is 6.38. The van der Waals surface area contributed by atoms with Crippen LogP contribution < -0.4 is 4.90 Å². The lowest BCUT2D eigenvalue weighted by Crippen LogP contribution is -2.46. The average molecular weight is 410 g/mol. The van der Waals surface area contributed by atoms with Crippen molar-refractivity contribution in [1.29, 1.82) is 0 Å². The first-order valence-corrected chi connectivity index (χ1v) is 11.1. The van der Waals surface area contributed by atoms with Crippen LogP contribution in [-0.4, -0.2) is 58.2 Å². The Labute approximate surface area is 177 Å². The number of hydrogen-bond donors (Lipinski definition) is 0. The molecule has 1 fully saturated rings. The molecule has 0 saturated carbocycles. The van der Waals surface area contributed by atoms with Gasteiger partial charge in [0, 0.05) is 38.2 Å². The number of aromatic nitrogens is 3. The molecule has 3 aromatic heterocycles. The zero-order valence-corrected chi connectivity index (χ0v) is 18.7. The fourth-order valence-electron chi connectivity index (χ4n) is 4.80. The van der Waals surface area contributed by atoms with Crippen LogP contribution in [0.4, 0.5) is 5.82 Å². The quantitative estimate of drug-likeness (QED) is 0.650. The van der Waals surface area contributed by atoms with Crippen molar-refractivity contribution in [2.45, 2.75) is 59.2 Å². The van der Waals surface area contributed by atoms with Gasteiger partial charge in [-0.3, -0.25) is 0 Å². The zero-order valence-electron chi connectivity index (χ0n) is 18.7. The second kappa shape index (κ2) is 7.17. The lowest BCUT2D eigenvalue weighted by Gasteiger charge is -2.34. The molecule has 7 nitrogen and oxygen atoms in total. The Bertz CT molecular complexity index is 1100. The van der Waals surface area contributed by atoms with Crippen LogP contribution in [-0.2, 0) is 17.8 Å². The highest BCUT2D eigenvalue weighted by molar-refractivity contribution is 6.06. The van der Waals surface area contributed by atoms with E-state index in [2.05, 4.69) is 54.4 Å². The fourth-order valence-corrected chi connectivity index (χ4v) is 4.80. The maximum absolute atomic E-state index is 6.38. The van der Waals surface area contributed by atoms with Crippen LogP contribution in [0.15, 0.2) is 10.7 Å². The molecule has 7 heteroatoms. The highest BCUT2D eigenvalue weighted by atomic mass is 16.5. The summed E-state index contributed by atoms with van der Waals surface area (Å²) in [5, 5.41) is 1.04. The van der Waals surface area contributed by atoms with E-state index in [-0.39, 0.29) is 5.60 Å². The predicted molar refractivity (Wildman–Crippen MR) is 118 cm³/mol. The smallest absolute Gasteiger partial charge is 0.229 e. The van der Waals surface area contributed by atoms with Crippen LogP contribution >= 0.6 is 0 Å². The van der Waals surface area contributed by atoms with Gasteiger partial charge in [-0.25, -0.2) is 15.0 Å². The van der Waals surface area contributed by atoms with Crippen molar-refractivity contribution in [2.75, 3.05) is 37.6 Å². The summed E-state index contributed by atoms with van der Waals surface area (Å²) in [7, 11) is 0. The first kappa shape index (κ1) is 19.7. The Morgan fingerprint density at radius 3 is 2.57 bits per heavy atom. The van der Waals surface area contributed by atoms with Crippen LogP contribution in [0.1, 0.15) is 57.4 Å². The van der Waals surface area contributed by atoms with Crippen molar-refractivity contribution in [2.24, 2.45) is 0 Å². The van der Waals surface area contributed by atoms with Gasteiger partial charge in [-0.2, -0.15) is 0 Å². The highest BCUT2D eigenvalue weighted by Crippen LogP contribution is 2.41. The van der Waals surface area contributed by atoms with Crippen LogP contribution in [0.2, 0.25) is 0 Å². The van der Waals surface area contributed by atoms with Gasteiger partial charge in [0.15, 0.2) is 11.4 Å². The number of likely N-dealkylation sites (N-methyl/N-ethyl adjacent to an activating group) is 1. The Kier molecular flexibility index (Phi) is 4.71. The minimum atomic E-state index is -0.217. The van der Waals surface area contributed by atoms with Gasteiger partial charge >= 0.3 is 0 Å². The molecular weight excluding hydrogens is 378 g/mol. The Hall–Kier alpha value is -2.25. The molecule has 30 heavy (non-hydrogen) atoms. The van der Waals surface area contributed by atoms with Crippen molar-refractivity contribution >= 4 is 28.0 Å². The second-order valence-corrected chi connectivity index (χ2v) is 9.41. The number of piperazine rings is 1. The van der Waals surface area contributed by atoms with E-state index >= 15 is 0 Å². The molecule has 5 rings (SSSR count). The van der Waals surface area contributed by atoms with Gasteiger partial charge < -0.3 is 19.0 Å². The monoisotopic (exact) mass is 409 g/mol. The zero-order chi connectivity index (χ0) is 21.0. The standard InChI is InChI=1S/C23H31N5O2/c1-6-27-7-9-28(10-8-27)21-20-19(24-13-25-21)17-15-11-23(4,5)29-12-16(15)18(14(2)3)26-22(17)30-20/h13-14H,6-12H2,1-5H3. The summed E-state index contributed by atoms with van der Waals surface area (Å²) in [5.41, 5.74) is 5.65. The minimum absolute atomic E-state index is 0.217. The third-order valence-electron chi connectivity index (χ3n) is 6.51. The molecule has 0 N–H and O–H groups in total. The number of nitrogens with zero attached hydrogens (tertiary/aromatic N) is 5. The highest BCUT2D eigenvalue weighted by Gasteiger charge is 2.33. The van der Waals surface area contributed by atoms with Gasteiger partial charge in [0.05, 0.1) is 23.3 Å². The summed E-state index contributed by atoms with van der Waals surface area (Å²) in [6.45, 7) is 16.5. The summed E-state index contributed by atoms with van der Waals surface area (Å²) >= 11 is 0. The molecule has 0 radical (unpaired) electrons. The SMILES string of the molecule is CCN1CCN(c2ncnc3c2oc2nc(C(C)C)c4c(c23)CC(C)(C)OC4)CC1. The molecule has 0 atom stereocenters. The average Bonchev–Trinajstić information content (AvgIpc) is 3.11. The lowest BCUT2D eigenvalue weighted by molar-refractivity contribution is -0.0402. The molecule has 0 spiro atoms. The molecule has 5 heterocycles. The Morgan fingerprint density at radius 1 is 1.10 bits per heavy atom. The largest absolute Gasteiger partial charge is 0.432 e. The summed E-state index contributed by atoms with van der Waals surface area (Å²) in [5.74, 6) is 1.19. The maximum Gasteiger partial charge on any atom is 0.229 e. The van der Waals surface area contributed by atoms with Crippen LogP contribution in [0.25, 0.3) is 22.2 Å². The van der Waals surface area contributed by atoms with Gasteiger partial charge in [0.25, 0.3) is 0 Å². The third kappa shape index (κ3) is 3.15. The molecule has 0 unspecified atom stereocenters. The molecule has 0 aromatic carbocycles. The molecule has 1 saturated heterocycles. The summed E-state index contributed by atoms with van der Waals surface area (Å²) < 4.78 is 12.5. The third-order valence-corrected chi connectivity index (χ3v) is 6.51. The minimum Gasteiger partial charge on any atom is -0.432 e. The van der Waals surface area contributed by atoms with E-state index in [0.29, 0.717) is 18.2 Å². The molecular formula is C23H31N5O2.